The summed E-state index contributed by atoms with van der Waals surface area (Å²) in [6, 6.07) is 10.8. The maximum Gasteiger partial charge on any atom is 0.427 e. The zero-order valence-electron chi connectivity index (χ0n) is 17.1. The van der Waals surface area contributed by atoms with Gasteiger partial charge in [0.2, 0.25) is 5.95 Å². The third-order valence-electron chi connectivity index (χ3n) is 4.93. The predicted octanol–water partition coefficient (Wildman–Crippen LogP) is 3.69. The fourth-order valence-electron chi connectivity index (χ4n) is 3.14. The second-order valence-electron chi connectivity index (χ2n) is 6.92. The van der Waals surface area contributed by atoms with E-state index in [1.165, 1.54) is 0 Å². The van der Waals surface area contributed by atoms with Crippen LogP contribution in [0.5, 0.6) is 5.75 Å². The summed E-state index contributed by atoms with van der Waals surface area (Å²) >= 11 is 0. The van der Waals surface area contributed by atoms with Crippen LogP contribution in [0.25, 0.3) is 16.7 Å². The van der Waals surface area contributed by atoms with Crippen molar-refractivity contribution in [3.63, 3.8) is 0 Å². The second kappa shape index (κ2) is 7.99. The Hall–Kier alpha value is -3.46. The number of benzene rings is 2. The zero-order chi connectivity index (χ0) is 22.2. The van der Waals surface area contributed by atoms with Crippen LogP contribution in [0.15, 0.2) is 48.8 Å². The van der Waals surface area contributed by atoms with Crippen LogP contribution in [-0.2, 0) is 4.57 Å². The fraction of sp³-hybridized carbons (Fsp3) is 0.150. The number of aromatic nitrogens is 4. The van der Waals surface area contributed by atoms with Gasteiger partial charge in [-0.15, -0.1) is 0 Å². The molecule has 0 saturated heterocycles. The summed E-state index contributed by atoms with van der Waals surface area (Å²) in [4.78, 5) is 27.3. The Kier molecular flexibility index (Phi) is 5.36. The molecule has 11 heteroatoms. The van der Waals surface area contributed by atoms with E-state index in [1.54, 1.807) is 43.2 Å². The van der Waals surface area contributed by atoms with E-state index in [0.717, 1.165) is 28.1 Å². The van der Waals surface area contributed by atoms with E-state index in [-0.39, 0.29) is 0 Å². The molecule has 160 valence electrons. The van der Waals surface area contributed by atoms with Crippen molar-refractivity contribution in [1.29, 1.82) is 0 Å². The van der Waals surface area contributed by atoms with E-state index in [9.17, 15) is 4.57 Å². The minimum atomic E-state index is -4.39. The Morgan fingerprint density at radius 3 is 2.35 bits per heavy atom. The quantitative estimate of drug-likeness (QED) is 0.331. The van der Waals surface area contributed by atoms with E-state index in [1.807, 2.05) is 31.2 Å². The highest BCUT2D eigenvalue weighted by atomic mass is 31.2. The first kappa shape index (κ1) is 20.8. The lowest BCUT2D eigenvalue weighted by Crippen LogP contribution is -2.04. The van der Waals surface area contributed by atoms with Crippen molar-refractivity contribution in [2.45, 2.75) is 13.8 Å². The third kappa shape index (κ3) is 4.36. The molecule has 0 bridgehead atoms. The molecule has 0 aliphatic heterocycles. The minimum absolute atomic E-state index is 0.366. The van der Waals surface area contributed by atoms with Crippen LogP contribution in [0.3, 0.4) is 0 Å². The average Bonchev–Trinajstić information content (AvgIpc) is 3.16. The fourth-order valence-corrected chi connectivity index (χ4v) is 3.70. The van der Waals surface area contributed by atoms with Gasteiger partial charge in [0.15, 0.2) is 5.65 Å². The smallest absolute Gasteiger partial charge is 0.427 e. The highest BCUT2D eigenvalue weighted by molar-refractivity contribution is 7.53. The van der Waals surface area contributed by atoms with Gasteiger partial charge < -0.3 is 19.8 Å². The standard InChI is InChI=1S/C20H21N6O4P/c1-12-13(2)18(25-31(27,28)29)9-8-17(12)23-20-21-10-14-11-22-26(19(14)24-20)15-4-6-16(30-3)7-5-15/h4-11H,1-3H3,(H,21,23,24)(H3,25,27,28,29). The molecule has 2 aromatic heterocycles. The first-order valence-corrected chi connectivity index (χ1v) is 10.9. The van der Waals surface area contributed by atoms with E-state index < -0.39 is 7.75 Å². The summed E-state index contributed by atoms with van der Waals surface area (Å²) < 4.78 is 18.2. The van der Waals surface area contributed by atoms with Crippen molar-refractivity contribution < 1.29 is 19.1 Å². The van der Waals surface area contributed by atoms with Crippen LogP contribution in [-0.4, -0.2) is 36.6 Å². The molecule has 2 heterocycles. The van der Waals surface area contributed by atoms with Crippen LogP contribution in [0, 0.1) is 13.8 Å². The van der Waals surface area contributed by atoms with Crippen LogP contribution in [0.2, 0.25) is 0 Å². The van der Waals surface area contributed by atoms with Crippen molar-refractivity contribution >= 4 is 36.1 Å². The molecule has 0 aliphatic rings. The molecule has 0 unspecified atom stereocenters. The summed E-state index contributed by atoms with van der Waals surface area (Å²) in [6.07, 6.45) is 3.38. The van der Waals surface area contributed by atoms with Crippen molar-refractivity contribution in [3.8, 4) is 11.4 Å². The van der Waals surface area contributed by atoms with Gasteiger partial charge in [0.05, 0.1) is 24.4 Å². The molecule has 0 fully saturated rings. The zero-order valence-corrected chi connectivity index (χ0v) is 18.0. The molecule has 0 atom stereocenters. The highest BCUT2D eigenvalue weighted by Crippen LogP contribution is 2.38. The van der Waals surface area contributed by atoms with Crippen LogP contribution in [0.4, 0.5) is 17.3 Å². The molecule has 0 spiro atoms. The molecular weight excluding hydrogens is 419 g/mol. The topological polar surface area (TPSA) is 134 Å². The van der Waals surface area contributed by atoms with E-state index >= 15 is 0 Å². The molecule has 0 amide bonds. The van der Waals surface area contributed by atoms with Gasteiger partial charge in [-0.25, -0.2) is 14.2 Å². The van der Waals surface area contributed by atoms with E-state index in [4.69, 9.17) is 14.5 Å². The van der Waals surface area contributed by atoms with E-state index in [0.29, 0.717) is 22.8 Å². The first-order chi connectivity index (χ1) is 14.7. The van der Waals surface area contributed by atoms with Gasteiger partial charge in [0.1, 0.15) is 5.75 Å². The normalized spacial score (nSPS) is 11.5. The average molecular weight is 440 g/mol. The summed E-state index contributed by atoms with van der Waals surface area (Å²) in [6.45, 7) is 3.63. The van der Waals surface area contributed by atoms with Crippen LogP contribution < -0.4 is 15.1 Å². The number of fused-ring (bicyclic) bond motifs is 1. The summed E-state index contributed by atoms with van der Waals surface area (Å²) in [5.74, 6) is 1.13. The number of hydrogen-bond acceptors (Lipinski definition) is 6. The van der Waals surface area contributed by atoms with Crippen molar-refractivity contribution in [1.82, 2.24) is 19.7 Å². The molecular formula is C20H21N6O4P. The number of rotatable bonds is 6. The van der Waals surface area contributed by atoms with Crippen molar-refractivity contribution in [2.75, 3.05) is 17.5 Å². The molecule has 2 aromatic carbocycles. The second-order valence-corrected chi connectivity index (χ2v) is 8.23. The number of nitrogens with one attached hydrogen (secondary N) is 2. The molecule has 10 nitrogen and oxygen atoms in total. The van der Waals surface area contributed by atoms with Gasteiger partial charge in [-0.1, -0.05) is 0 Å². The van der Waals surface area contributed by atoms with Crippen molar-refractivity contribution in [3.05, 3.63) is 59.9 Å². The van der Waals surface area contributed by atoms with Gasteiger partial charge in [-0.05, 0) is 61.4 Å². The molecule has 0 saturated carbocycles. The van der Waals surface area contributed by atoms with Gasteiger partial charge in [0.25, 0.3) is 0 Å². The Balaban J connectivity index is 1.66. The maximum atomic E-state index is 11.3. The minimum Gasteiger partial charge on any atom is -0.497 e. The number of nitrogens with zero attached hydrogens (tertiary/aromatic N) is 4. The monoisotopic (exact) mass is 440 g/mol. The predicted molar refractivity (Wildman–Crippen MR) is 118 cm³/mol. The summed E-state index contributed by atoms with van der Waals surface area (Å²) in [5.41, 5.74) is 4.08. The number of ether oxygens (including phenoxy) is 1. The SMILES string of the molecule is COc1ccc(-n2ncc3cnc(Nc4ccc(NP(=O)(O)O)c(C)c4C)nc32)cc1. The molecule has 4 rings (SSSR count). The Bertz CT molecular complexity index is 1300. The first-order valence-electron chi connectivity index (χ1n) is 9.31. The Labute approximate surface area is 178 Å². The molecule has 4 N–H and O–H groups in total. The Morgan fingerprint density at radius 1 is 1.00 bits per heavy atom. The van der Waals surface area contributed by atoms with Gasteiger partial charge in [-0.3, -0.25) is 5.09 Å². The largest absolute Gasteiger partial charge is 0.497 e. The van der Waals surface area contributed by atoms with Crippen molar-refractivity contribution in [2.24, 2.45) is 0 Å². The highest BCUT2D eigenvalue weighted by Gasteiger charge is 2.16. The molecule has 31 heavy (non-hydrogen) atoms. The number of anilines is 3. The summed E-state index contributed by atoms with van der Waals surface area (Å²) in [5, 5.41) is 10.6. The third-order valence-corrected chi connectivity index (χ3v) is 5.46. The maximum absolute atomic E-state index is 11.3. The lowest BCUT2D eigenvalue weighted by atomic mass is 10.1. The van der Waals surface area contributed by atoms with Crippen LogP contribution >= 0.6 is 7.75 Å². The molecule has 4 aromatic rings. The van der Waals surface area contributed by atoms with Gasteiger partial charge >= 0.3 is 7.75 Å². The Morgan fingerprint density at radius 2 is 1.68 bits per heavy atom. The molecule has 0 aliphatic carbocycles. The van der Waals surface area contributed by atoms with Gasteiger partial charge in [0, 0.05) is 17.6 Å². The van der Waals surface area contributed by atoms with Gasteiger partial charge in [-0.2, -0.15) is 10.1 Å². The lowest BCUT2D eigenvalue weighted by molar-refractivity contribution is 0.380. The lowest BCUT2D eigenvalue weighted by Gasteiger charge is -2.16. The number of hydrogen-bond donors (Lipinski definition) is 4. The van der Waals surface area contributed by atoms with E-state index in [2.05, 4.69) is 25.5 Å². The molecule has 0 radical (unpaired) electrons. The van der Waals surface area contributed by atoms with Crippen LogP contribution in [0.1, 0.15) is 11.1 Å². The summed E-state index contributed by atoms with van der Waals surface area (Å²) in [7, 11) is -2.78. The number of methoxy groups -OCH3 is 1.